The number of aliphatic hydroxyl groups excluding tert-OH is 10. The van der Waals surface area contributed by atoms with Crippen molar-refractivity contribution >= 4 is 101 Å². The van der Waals surface area contributed by atoms with Crippen LogP contribution in [0.15, 0.2) is 41.3 Å². The minimum atomic E-state index is -5.08. The lowest BCUT2D eigenvalue weighted by Gasteiger charge is -2.29. The summed E-state index contributed by atoms with van der Waals surface area (Å²) in [6.07, 6.45) is -12.7. The first kappa shape index (κ1) is 64.8. The molecule has 0 spiro atoms. The van der Waals surface area contributed by atoms with Gasteiger partial charge >= 0.3 is 11.4 Å². The highest BCUT2D eigenvalue weighted by Crippen LogP contribution is 2.31. The van der Waals surface area contributed by atoms with Crippen molar-refractivity contribution in [3.8, 4) is 5.75 Å². The molecule has 78 heavy (non-hydrogen) atoms. The Morgan fingerprint density at radius 2 is 0.910 bits per heavy atom. The van der Waals surface area contributed by atoms with Crippen LogP contribution in [0, 0.1) is 0 Å². The van der Waals surface area contributed by atoms with E-state index in [1.54, 1.807) is 0 Å². The van der Waals surface area contributed by atoms with Crippen molar-refractivity contribution in [3.63, 3.8) is 0 Å². The maximum absolute atomic E-state index is 12.8. The third-order valence-electron chi connectivity index (χ3n) is 11.0. The maximum atomic E-state index is 12.8. The molecule has 0 saturated heterocycles. The number of rotatable bonds is 31. The number of hydrogen-bond donors (Lipinski definition) is 16. The number of hydrogen-bond acceptors (Lipinski definition) is 30. The summed E-state index contributed by atoms with van der Waals surface area (Å²) in [5, 5.41) is 105. The lowest BCUT2D eigenvalue weighted by atomic mass is 10.0. The van der Waals surface area contributed by atoms with E-state index in [-0.39, 0.29) is 77.0 Å². The molecule has 0 amide bonds. The molecular weight excluding hydrogens is 1130 g/mol. The van der Waals surface area contributed by atoms with E-state index in [1.165, 1.54) is 85.4 Å². The molecule has 9 unspecified atom stereocenters. The number of nitrogens with zero attached hydrogens (tertiary/aromatic N) is 10. The number of anilines is 8. The van der Waals surface area contributed by atoms with E-state index in [2.05, 4.69) is 40.5 Å². The average molecular weight is 1190 g/mol. The van der Waals surface area contributed by atoms with Gasteiger partial charge in [-0.15, -0.1) is 0 Å². The van der Waals surface area contributed by atoms with Crippen molar-refractivity contribution in [2.75, 3.05) is 109 Å². The minimum Gasteiger partial charge on any atom is -0.394 e. The molecule has 2 heterocycles. The topological polar surface area (TPSA) is 526 Å². The Hall–Kier alpha value is -5.76. The molecule has 34 nitrogen and oxygen atoms in total. The molecule has 0 aliphatic rings. The van der Waals surface area contributed by atoms with E-state index in [9.17, 15) is 88.5 Å². The summed E-state index contributed by atoms with van der Waals surface area (Å²) in [6.45, 7) is -3.65. The van der Waals surface area contributed by atoms with Gasteiger partial charge in [-0.25, -0.2) is 0 Å². The molecule has 4 rings (SSSR count). The smallest absolute Gasteiger partial charge is 0.357 e. The van der Waals surface area contributed by atoms with Crippen LogP contribution in [0.3, 0.4) is 0 Å². The number of benzene rings is 2. The highest BCUT2D eigenvalue weighted by molar-refractivity contribution is 7.86. The van der Waals surface area contributed by atoms with Gasteiger partial charge in [-0.2, -0.15) is 59.4 Å². The van der Waals surface area contributed by atoms with Crippen LogP contribution in [0.1, 0.15) is 11.1 Å². The van der Waals surface area contributed by atoms with Gasteiger partial charge in [-0.3, -0.25) is 18.2 Å². The molecule has 38 heteroatoms. The van der Waals surface area contributed by atoms with Gasteiger partial charge in [-0.1, -0.05) is 18.2 Å². The van der Waals surface area contributed by atoms with Crippen LogP contribution < -0.4 is 34.4 Å². The summed E-state index contributed by atoms with van der Waals surface area (Å²) >= 11 is -2.97. The molecule has 2 aromatic carbocycles. The van der Waals surface area contributed by atoms with Crippen molar-refractivity contribution < 1.29 is 103 Å². The summed E-state index contributed by atoms with van der Waals surface area (Å²) in [6, 6.07) is 7.33. The largest absolute Gasteiger partial charge is 0.394 e. The second-order valence-corrected chi connectivity index (χ2v) is 22.3. The molecule has 0 fully saturated rings. The van der Waals surface area contributed by atoms with Gasteiger partial charge < -0.3 is 85.5 Å². The van der Waals surface area contributed by atoms with Crippen molar-refractivity contribution in [1.82, 2.24) is 29.9 Å². The van der Waals surface area contributed by atoms with E-state index >= 15 is 0 Å². The maximum Gasteiger partial charge on any atom is 0.357 e. The lowest BCUT2D eigenvalue weighted by Crippen LogP contribution is -2.49. The summed E-state index contributed by atoms with van der Waals surface area (Å²) in [7, 11) is -8.67. The van der Waals surface area contributed by atoms with Crippen molar-refractivity contribution in [2.24, 2.45) is 0 Å². The van der Waals surface area contributed by atoms with Crippen LogP contribution in [-0.2, 0) is 41.7 Å². The van der Waals surface area contributed by atoms with Gasteiger partial charge in [0.2, 0.25) is 35.7 Å². The second kappa shape index (κ2) is 27.9. The Balaban J connectivity index is 1.70. The van der Waals surface area contributed by atoms with Gasteiger partial charge in [0.25, 0.3) is 30.4 Å². The third-order valence-corrected chi connectivity index (χ3v) is 13.6. The van der Waals surface area contributed by atoms with E-state index in [0.29, 0.717) is 0 Å². The fraction of sp³-hybridized carbons (Fsp3) is 0.500. The first-order valence-corrected chi connectivity index (χ1v) is 28.1. The van der Waals surface area contributed by atoms with Crippen LogP contribution >= 0.6 is 0 Å². The average Bonchev–Trinajstić information content (AvgIpc) is 3.37. The number of aromatic nitrogens is 6. The molecule has 16 N–H and O–H groups in total. The van der Waals surface area contributed by atoms with Crippen LogP contribution in [0.25, 0.3) is 12.2 Å². The van der Waals surface area contributed by atoms with E-state index in [0.717, 1.165) is 11.0 Å². The molecule has 0 radical (unpaired) electrons. The Morgan fingerprint density at radius 3 is 1.28 bits per heavy atom. The first-order chi connectivity index (χ1) is 36.2. The fourth-order valence-electron chi connectivity index (χ4n) is 6.58. The quantitative estimate of drug-likeness (QED) is 0.0127. The number of likely N-dealkylation sites (N-methyl/N-ethyl adjacent to an activating group) is 2. The van der Waals surface area contributed by atoms with Crippen LogP contribution in [0.5, 0.6) is 5.75 Å². The molecule has 436 valence electrons. The molecule has 4 aromatic rings. The van der Waals surface area contributed by atoms with Crippen LogP contribution in [0.4, 0.5) is 47.1 Å². The predicted molar refractivity (Wildman–Crippen MR) is 277 cm³/mol. The normalized spacial score (nSPS) is 15.8. The molecule has 0 aliphatic carbocycles. The van der Waals surface area contributed by atoms with Crippen molar-refractivity contribution in [2.45, 2.75) is 53.7 Å². The van der Waals surface area contributed by atoms with Gasteiger partial charge in [0.05, 0.1) is 24.7 Å². The Labute approximate surface area is 448 Å². The highest BCUT2D eigenvalue weighted by atomic mass is 32.2. The number of aliphatic hydroxyl groups is 10. The van der Waals surface area contributed by atoms with Gasteiger partial charge in [0.1, 0.15) is 53.7 Å². The van der Waals surface area contributed by atoms with E-state index in [1.807, 2.05) is 0 Å². The lowest BCUT2D eigenvalue weighted by molar-refractivity contribution is -0.112. The summed E-state index contributed by atoms with van der Waals surface area (Å²) in [5.74, 6) is -3.48. The second-order valence-electron chi connectivity index (χ2n) is 17.2. The zero-order valence-corrected chi connectivity index (χ0v) is 44.8. The molecule has 0 bridgehead atoms. The zero-order chi connectivity index (χ0) is 58.6. The summed E-state index contributed by atoms with van der Waals surface area (Å²) < 4.78 is 128. The van der Waals surface area contributed by atoms with E-state index in [4.69, 9.17) is 14.4 Å². The predicted octanol–water partition coefficient (Wildman–Crippen LogP) is -5.13. The molecule has 9 atom stereocenters. The van der Waals surface area contributed by atoms with Gasteiger partial charge in [0, 0.05) is 77.4 Å². The fourth-order valence-corrected chi connectivity index (χ4v) is 8.60. The minimum absolute atomic E-state index is 0.0263. The van der Waals surface area contributed by atoms with E-state index < -0.39 is 133 Å². The van der Waals surface area contributed by atoms with Gasteiger partial charge in [0.15, 0.2) is 5.75 Å². The van der Waals surface area contributed by atoms with Crippen LogP contribution in [0.2, 0.25) is 0 Å². The van der Waals surface area contributed by atoms with Gasteiger partial charge in [-0.05, 0) is 29.8 Å². The monoisotopic (exact) mass is 1190 g/mol. The molecule has 0 aliphatic heterocycles. The standard InChI is InChI=1S/C40H60N12O22S4/c1-49(11-13-76(65,66)67)37-43-35(45-39(47-37)51(3)17-25(55)31(59)33(61)27(57)19-53)41-23-9-7-21(29(15-23)74-75(63)64)5-6-22-8-10-24(16-30(22)78(71,72)73)42-36-44-38(50(2)12-14-77(68,69)70)48-40(46-36)52(4)18-26(56)32(60)34(62)28(58)20-54/h5-10,15-16,25-28,31-34,53-62H,11-14,17-20H2,1-4H3,(H,63,64)(H,65,66,67)(H,68,69,70)(H,71,72,73)(H,41,43,45,47)(H,42,44,46,48). The van der Waals surface area contributed by atoms with Crippen molar-refractivity contribution in [3.05, 3.63) is 47.5 Å². The Bertz CT molecular complexity index is 3060. The Morgan fingerprint density at radius 1 is 0.551 bits per heavy atom. The van der Waals surface area contributed by atoms with Crippen molar-refractivity contribution in [1.29, 1.82) is 0 Å². The summed E-state index contributed by atoms with van der Waals surface area (Å²) in [5.41, 5.74) is -0.189. The molecule has 0 saturated carbocycles. The first-order valence-electron chi connectivity index (χ1n) is 22.4. The summed E-state index contributed by atoms with van der Waals surface area (Å²) in [4.78, 5) is 29.4. The zero-order valence-electron chi connectivity index (χ0n) is 41.5. The highest BCUT2D eigenvalue weighted by Gasteiger charge is 2.33. The number of nitrogens with one attached hydrogen (secondary N) is 2. The SMILES string of the molecule is CN(CCS(=O)(=O)O)c1nc(Nc2ccc(C=Cc3ccc(Nc4nc(N(C)CCS(=O)(=O)O)nc(N(C)CC(O)C(O)C(O)C(O)CO)n4)cc3S(=O)(=O)O)c(OS(=O)O)c2)nc(N(C)CC(O)C(O)C(O)C(O)CO)n1. The molecule has 2 aromatic heterocycles. The third kappa shape index (κ3) is 19.6. The molecular formula is C40H60N12O22S4. The Kier molecular flexibility index (Phi) is 23.2. The van der Waals surface area contributed by atoms with Crippen LogP contribution in [-0.4, -0.2) is 257 Å².